The first-order chi connectivity index (χ1) is 13.6. The molecule has 2 heterocycles. The molecule has 4 rings (SSSR count). The maximum atomic E-state index is 15.2. The lowest BCUT2D eigenvalue weighted by molar-refractivity contribution is 0.250. The van der Waals surface area contributed by atoms with E-state index in [-0.39, 0.29) is 23.8 Å². The molecule has 7 nitrogen and oxygen atoms in total. The van der Waals surface area contributed by atoms with Crippen molar-refractivity contribution in [2.75, 3.05) is 23.5 Å². The van der Waals surface area contributed by atoms with E-state index in [9.17, 15) is 9.90 Å². The van der Waals surface area contributed by atoms with E-state index in [4.69, 9.17) is 4.74 Å². The van der Waals surface area contributed by atoms with E-state index in [2.05, 4.69) is 9.97 Å². The number of nitrogens with zero attached hydrogens (tertiary/aromatic N) is 4. The van der Waals surface area contributed by atoms with Crippen LogP contribution in [0, 0.1) is 5.82 Å². The van der Waals surface area contributed by atoms with Crippen molar-refractivity contribution >= 4 is 28.4 Å². The van der Waals surface area contributed by atoms with Crippen molar-refractivity contribution < 1.29 is 19.0 Å². The topological polar surface area (TPSA) is 78.8 Å². The first-order valence-corrected chi connectivity index (χ1v) is 8.88. The number of ether oxygens (including phenoxy) is 1. The molecule has 0 saturated carbocycles. The van der Waals surface area contributed by atoms with Gasteiger partial charge in [-0.1, -0.05) is 12.1 Å². The number of aliphatic hydroxyl groups excluding tert-OH is 1. The Balaban J connectivity index is 1.92. The maximum Gasteiger partial charge on any atom is 0.330 e. The van der Waals surface area contributed by atoms with Crippen molar-refractivity contribution in [3.05, 3.63) is 53.6 Å². The minimum atomic E-state index is -0.635. The zero-order valence-corrected chi connectivity index (χ0v) is 15.5. The number of anilines is 2. The van der Waals surface area contributed by atoms with E-state index in [1.165, 1.54) is 22.2 Å². The van der Waals surface area contributed by atoms with Gasteiger partial charge in [-0.15, -0.1) is 0 Å². The third kappa shape index (κ3) is 2.73. The lowest BCUT2D eigenvalue weighted by Crippen LogP contribution is -2.47. The van der Waals surface area contributed by atoms with E-state index < -0.39 is 12.4 Å². The van der Waals surface area contributed by atoms with Gasteiger partial charge in [0, 0.05) is 12.1 Å². The number of rotatable bonds is 5. The Bertz CT molecular complexity index is 1060. The van der Waals surface area contributed by atoms with Gasteiger partial charge in [-0.3, -0.25) is 9.80 Å². The zero-order valence-electron chi connectivity index (χ0n) is 15.5. The van der Waals surface area contributed by atoms with Gasteiger partial charge in [0.15, 0.2) is 5.82 Å². The van der Waals surface area contributed by atoms with Gasteiger partial charge in [0.25, 0.3) is 0 Å². The van der Waals surface area contributed by atoms with Gasteiger partial charge in [0.2, 0.25) is 0 Å². The quantitative estimate of drug-likeness (QED) is 0.733. The van der Waals surface area contributed by atoms with Crippen LogP contribution in [0.2, 0.25) is 0 Å². The van der Waals surface area contributed by atoms with Crippen LogP contribution < -0.4 is 14.5 Å². The molecule has 1 aliphatic rings. The van der Waals surface area contributed by atoms with Gasteiger partial charge < -0.3 is 9.84 Å². The van der Waals surface area contributed by atoms with E-state index in [1.807, 2.05) is 19.1 Å². The summed E-state index contributed by atoms with van der Waals surface area (Å²) < 4.78 is 20.4. The molecule has 28 heavy (non-hydrogen) atoms. The summed E-state index contributed by atoms with van der Waals surface area (Å²) in [4.78, 5) is 24.5. The monoisotopic (exact) mass is 382 g/mol. The summed E-state index contributed by atoms with van der Waals surface area (Å²) in [5.41, 5.74) is 1.48. The van der Waals surface area contributed by atoms with Crippen LogP contribution in [0.5, 0.6) is 5.75 Å². The molecule has 1 aromatic heterocycles. The largest absolute Gasteiger partial charge is 0.497 e. The summed E-state index contributed by atoms with van der Waals surface area (Å²) in [6.07, 6.45) is 1.34. The fourth-order valence-electron chi connectivity index (χ4n) is 3.47. The maximum absolute atomic E-state index is 15.2. The van der Waals surface area contributed by atoms with Crippen molar-refractivity contribution in [3.63, 3.8) is 0 Å². The van der Waals surface area contributed by atoms with Crippen LogP contribution >= 0.6 is 0 Å². The third-order valence-electron chi connectivity index (χ3n) is 4.87. The second-order valence-electron chi connectivity index (χ2n) is 6.41. The van der Waals surface area contributed by atoms with Crippen LogP contribution in [-0.4, -0.2) is 34.8 Å². The fourth-order valence-corrected chi connectivity index (χ4v) is 3.47. The number of carbonyl (C=O) groups excluding carboxylic acids is 1. The standard InChI is InChI=1S/C20H19FN4O3/c1-3-24-19-16-15(22-11-23-19)8-13(10-26)17(21)18(16)25(20(24)27)9-12-4-6-14(28-2)7-5-12/h4-8,11,26H,3,9-10H2,1-2H3. The zero-order chi connectivity index (χ0) is 19.8. The normalized spacial score (nSPS) is 13.4. The molecule has 3 aromatic rings. The lowest BCUT2D eigenvalue weighted by Gasteiger charge is -2.36. The number of benzene rings is 2. The molecule has 0 bridgehead atoms. The Hall–Kier alpha value is -3.26. The summed E-state index contributed by atoms with van der Waals surface area (Å²) in [7, 11) is 1.58. The Morgan fingerprint density at radius 3 is 2.57 bits per heavy atom. The number of hydrogen-bond donors (Lipinski definition) is 1. The molecule has 0 saturated heterocycles. The minimum Gasteiger partial charge on any atom is -0.497 e. The van der Waals surface area contributed by atoms with Gasteiger partial charge in [-0.25, -0.2) is 19.2 Å². The molecule has 0 unspecified atom stereocenters. The molecule has 0 fully saturated rings. The molecule has 0 spiro atoms. The molecule has 144 valence electrons. The Morgan fingerprint density at radius 2 is 1.93 bits per heavy atom. The highest BCUT2D eigenvalue weighted by Gasteiger charge is 2.36. The average molecular weight is 382 g/mol. The summed E-state index contributed by atoms with van der Waals surface area (Å²) in [6, 6.07) is 8.34. The van der Waals surface area contributed by atoms with Gasteiger partial charge in [0.1, 0.15) is 17.9 Å². The molecule has 1 N–H and O–H groups in total. The minimum absolute atomic E-state index is 0.0876. The van der Waals surface area contributed by atoms with Crippen LogP contribution in [0.4, 0.5) is 20.7 Å². The number of carbonyl (C=O) groups is 1. The molecular weight excluding hydrogens is 363 g/mol. The number of methoxy groups -OCH3 is 1. The fraction of sp³-hybridized carbons (Fsp3) is 0.250. The average Bonchev–Trinajstić information content (AvgIpc) is 2.72. The van der Waals surface area contributed by atoms with Crippen LogP contribution in [-0.2, 0) is 13.2 Å². The Kier molecular flexibility index (Phi) is 4.56. The van der Waals surface area contributed by atoms with Gasteiger partial charge >= 0.3 is 6.03 Å². The van der Waals surface area contributed by atoms with E-state index >= 15 is 4.39 Å². The van der Waals surface area contributed by atoms with Crippen molar-refractivity contribution in [2.45, 2.75) is 20.1 Å². The highest BCUT2D eigenvalue weighted by atomic mass is 19.1. The molecule has 0 radical (unpaired) electrons. The number of urea groups is 1. The second-order valence-corrected chi connectivity index (χ2v) is 6.41. The molecule has 1 aliphatic heterocycles. The first-order valence-electron chi connectivity index (χ1n) is 8.88. The van der Waals surface area contributed by atoms with Crippen LogP contribution in [0.15, 0.2) is 36.7 Å². The first kappa shape index (κ1) is 18.1. The van der Waals surface area contributed by atoms with Gasteiger partial charge in [-0.05, 0) is 30.7 Å². The number of hydrogen-bond acceptors (Lipinski definition) is 5. The van der Waals surface area contributed by atoms with Crippen molar-refractivity contribution in [2.24, 2.45) is 0 Å². The highest BCUT2D eigenvalue weighted by Crippen LogP contribution is 2.41. The van der Waals surface area contributed by atoms with Crippen molar-refractivity contribution in [3.8, 4) is 5.75 Å². The molecule has 2 aromatic carbocycles. The van der Waals surface area contributed by atoms with Crippen LogP contribution in [0.25, 0.3) is 10.9 Å². The summed E-state index contributed by atoms with van der Waals surface area (Å²) in [6.45, 7) is 1.89. The smallest absolute Gasteiger partial charge is 0.330 e. The Morgan fingerprint density at radius 1 is 1.18 bits per heavy atom. The summed E-state index contributed by atoms with van der Waals surface area (Å²) >= 11 is 0. The predicted octanol–water partition coefficient (Wildman–Crippen LogP) is 3.24. The van der Waals surface area contributed by atoms with Gasteiger partial charge in [-0.2, -0.15) is 0 Å². The van der Waals surface area contributed by atoms with Gasteiger partial charge in [0.05, 0.1) is 36.9 Å². The molecule has 0 aliphatic carbocycles. The summed E-state index contributed by atoms with van der Waals surface area (Å²) in [5.74, 6) is 0.434. The predicted molar refractivity (Wildman–Crippen MR) is 103 cm³/mol. The SMILES string of the molecule is CCN1C(=O)N(Cc2ccc(OC)cc2)c2c(F)c(CO)cc3ncnc1c23. The highest BCUT2D eigenvalue weighted by molar-refractivity contribution is 6.18. The third-order valence-corrected chi connectivity index (χ3v) is 4.87. The number of aliphatic hydroxyl groups is 1. The number of amides is 2. The second kappa shape index (κ2) is 7.05. The summed E-state index contributed by atoms with van der Waals surface area (Å²) in [5, 5.41) is 10.0. The molecular formula is C20H19FN4O3. The van der Waals surface area contributed by atoms with Crippen molar-refractivity contribution in [1.29, 1.82) is 0 Å². The van der Waals surface area contributed by atoms with E-state index in [0.717, 1.165) is 5.56 Å². The Labute approximate surface area is 161 Å². The van der Waals surface area contributed by atoms with Crippen molar-refractivity contribution in [1.82, 2.24) is 9.97 Å². The molecule has 8 heteroatoms. The van der Waals surface area contributed by atoms with E-state index in [0.29, 0.717) is 29.0 Å². The van der Waals surface area contributed by atoms with Crippen LogP contribution in [0.1, 0.15) is 18.1 Å². The van der Waals surface area contributed by atoms with E-state index in [1.54, 1.807) is 19.2 Å². The van der Waals surface area contributed by atoms with Crippen LogP contribution in [0.3, 0.4) is 0 Å². The molecule has 0 atom stereocenters. The number of aromatic nitrogens is 2. The molecule has 2 amide bonds. The lowest BCUT2D eigenvalue weighted by atomic mass is 10.0. The number of halogens is 1.